The molecule has 0 spiro atoms. The third-order valence-electron chi connectivity index (χ3n) is 3.61. The van der Waals surface area contributed by atoms with Crippen LogP contribution >= 0.6 is 11.6 Å². The first kappa shape index (κ1) is 18.1. The Morgan fingerprint density at radius 1 is 1.42 bits per heavy atom. The van der Waals surface area contributed by atoms with Gasteiger partial charge in [-0.25, -0.2) is 9.71 Å². The molecule has 0 aliphatic heterocycles. The van der Waals surface area contributed by atoms with E-state index in [1.807, 2.05) is 6.07 Å². The van der Waals surface area contributed by atoms with E-state index < -0.39 is 16.2 Å². The van der Waals surface area contributed by atoms with Gasteiger partial charge in [-0.2, -0.15) is 13.5 Å². The number of carbonyl (C=O) groups excluding carboxylic acids is 1. The first-order valence-electron chi connectivity index (χ1n) is 7.30. The van der Waals surface area contributed by atoms with E-state index in [0.29, 0.717) is 27.7 Å². The summed E-state index contributed by atoms with van der Waals surface area (Å²) in [5, 5.41) is 5.59. The Kier molecular flexibility index (Phi) is 4.57. The van der Waals surface area contributed by atoms with Crippen molar-refractivity contribution in [2.45, 2.75) is 6.92 Å². The van der Waals surface area contributed by atoms with Crippen LogP contribution in [0.15, 0.2) is 30.6 Å². The van der Waals surface area contributed by atoms with Crippen molar-refractivity contribution in [3.63, 3.8) is 0 Å². The minimum atomic E-state index is -4.62. The second-order valence-electron chi connectivity index (χ2n) is 5.44. The van der Waals surface area contributed by atoms with Crippen LogP contribution in [0.25, 0.3) is 22.9 Å². The summed E-state index contributed by atoms with van der Waals surface area (Å²) >= 11 is 6.27. The largest absolute Gasteiger partial charge is 0.359 e. The zero-order valence-corrected chi connectivity index (χ0v) is 15.3. The maximum Gasteiger partial charge on any atom is 0.359 e. The molecule has 136 valence electrons. The Labute approximate surface area is 153 Å². The molecule has 0 atom stereocenters. The van der Waals surface area contributed by atoms with E-state index in [9.17, 15) is 13.2 Å². The van der Waals surface area contributed by atoms with Crippen molar-refractivity contribution in [3.05, 3.63) is 46.9 Å². The summed E-state index contributed by atoms with van der Waals surface area (Å²) in [6.45, 7) is 1.74. The van der Waals surface area contributed by atoms with Crippen LogP contribution in [0.3, 0.4) is 0 Å². The van der Waals surface area contributed by atoms with Gasteiger partial charge in [0.1, 0.15) is 11.5 Å². The molecule has 26 heavy (non-hydrogen) atoms. The van der Waals surface area contributed by atoms with Crippen molar-refractivity contribution in [1.29, 1.82) is 0 Å². The van der Waals surface area contributed by atoms with Crippen LogP contribution in [0.1, 0.15) is 11.3 Å². The lowest BCUT2D eigenvalue weighted by molar-refractivity contribution is -0.114. The maximum absolute atomic E-state index is 11.6. The average Bonchev–Trinajstić information content (AvgIpc) is 3.00. The molecule has 11 heteroatoms. The lowest BCUT2D eigenvalue weighted by atomic mass is 10.2. The molecule has 1 amide bonds. The van der Waals surface area contributed by atoms with Crippen LogP contribution < -0.4 is 4.72 Å². The fraction of sp³-hybridized carbons (Fsp3) is 0.133. The van der Waals surface area contributed by atoms with Gasteiger partial charge >= 0.3 is 10.3 Å². The number of aryl methyl sites for hydroxylation is 2. The van der Waals surface area contributed by atoms with E-state index in [1.165, 1.54) is 10.8 Å². The van der Waals surface area contributed by atoms with Crippen molar-refractivity contribution in [1.82, 2.24) is 24.1 Å². The number of carbonyl (C=O) groups is 1. The van der Waals surface area contributed by atoms with Gasteiger partial charge in [-0.1, -0.05) is 11.6 Å². The van der Waals surface area contributed by atoms with E-state index in [1.54, 1.807) is 41.7 Å². The standard InChI is InChI=1S/C15H14ClN5O4S/c1-9-10(5-6-13(22)19-26(23,24)25)15(20(2)18-9)21-8-12(16)11-4-3-7-17-14(11)21/h3-8H,1-2H3,(H,19,22)(H,23,24,25). The van der Waals surface area contributed by atoms with Crippen LogP contribution in [0, 0.1) is 6.92 Å². The number of fused-ring (bicyclic) bond motifs is 1. The number of halogens is 1. The zero-order valence-electron chi connectivity index (χ0n) is 13.7. The number of nitrogens with zero attached hydrogens (tertiary/aromatic N) is 4. The number of hydrogen-bond donors (Lipinski definition) is 2. The number of hydrogen-bond acceptors (Lipinski definition) is 5. The van der Waals surface area contributed by atoms with Gasteiger partial charge in [0.15, 0.2) is 0 Å². The normalized spacial score (nSPS) is 12.2. The zero-order chi connectivity index (χ0) is 19.1. The second-order valence-corrected chi connectivity index (χ2v) is 7.00. The molecule has 0 saturated heterocycles. The Hall–Kier alpha value is -2.69. The molecule has 0 aliphatic carbocycles. The summed E-state index contributed by atoms with van der Waals surface area (Å²) in [4.78, 5) is 15.9. The highest BCUT2D eigenvalue weighted by molar-refractivity contribution is 7.84. The molecule has 0 unspecified atom stereocenters. The van der Waals surface area contributed by atoms with Gasteiger partial charge in [0.25, 0.3) is 5.91 Å². The smallest absolute Gasteiger partial charge is 0.284 e. The Morgan fingerprint density at radius 2 is 2.15 bits per heavy atom. The highest BCUT2D eigenvalue weighted by Crippen LogP contribution is 2.29. The summed E-state index contributed by atoms with van der Waals surface area (Å²) in [5.41, 5.74) is 1.78. The van der Waals surface area contributed by atoms with E-state index in [4.69, 9.17) is 16.2 Å². The molecule has 3 rings (SSSR count). The van der Waals surface area contributed by atoms with Gasteiger partial charge < -0.3 is 0 Å². The topological polar surface area (TPSA) is 119 Å². The lowest BCUT2D eigenvalue weighted by Gasteiger charge is -2.07. The second kappa shape index (κ2) is 6.56. The molecule has 3 heterocycles. The van der Waals surface area contributed by atoms with Crippen molar-refractivity contribution in [3.8, 4) is 5.82 Å². The van der Waals surface area contributed by atoms with Gasteiger partial charge in [0, 0.05) is 36.5 Å². The van der Waals surface area contributed by atoms with E-state index in [-0.39, 0.29) is 0 Å². The molecule has 0 radical (unpaired) electrons. The molecule has 9 nitrogen and oxygen atoms in total. The van der Waals surface area contributed by atoms with Crippen molar-refractivity contribution in [2.75, 3.05) is 0 Å². The summed E-state index contributed by atoms with van der Waals surface area (Å²) in [5.74, 6) is -0.399. The van der Waals surface area contributed by atoms with Crippen LogP contribution in [-0.4, -0.2) is 38.2 Å². The minimum Gasteiger partial charge on any atom is -0.284 e. The van der Waals surface area contributed by atoms with Crippen LogP contribution in [0.2, 0.25) is 5.02 Å². The lowest BCUT2D eigenvalue weighted by Crippen LogP contribution is -2.27. The molecule has 0 fully saturated rings. The fourth-order valence-electron chi connectivity index (χ4n) is 2.64. The van der Waals surface area contributed by atoms with Gasteiger partial charge in [-0.05, 0) is 25.1 Å². The van der Waals surface area contributed by atoms with Crippen molar-refractivity contribution < 1.29 is 17.8 Å². The predicted molar refractivity (Wildman–Crippen MR) is 96.3 cm³/mol. The Balaban J connectivity index is 2.11. The van der Waals surface area contributed by atoms with Crippen LogP contribution in [0.5, 0.6) is 0 Å². The molecule has 0 bridgehead atoms. The molecule has 2 N–H and O–H groups in total. The SMILES string of the molecule is Cc1nn(C)c(-n2cc(Cl)c3cccnc32)c1C=CC(=O)NS(=O)(=O)O. The molecular formula is C15H14ClN5O4S. The fourth-order valence-corrected chi connectivity index (χ4v) is 3.21. The van der Waals surface area contributed by atoms with E-state index in [2.05, 4.69) is 10.1 Å². The molecule has 0 aromatic carbocycles. The summed E-state index contributed by atoms with van der Waals surface area (Å²) in [6.07, 6.45) is 5.71. The van der Waals surface area contributed by atoms with Crippen LogP contribution in [0.4, 0.5) is 0 Å². The van der Waals surface area contributed by atoms with Crippen LogP contribution in [-0.2, 0) is 22.1 Å². The quantitative estimate of drug-likeness (QED) is 0.512. The number of rotatable bonds is 4. The number of pyridine rings is 1. The monoisotopic (exact) mass is 395 g/mol. The first-order valence-corrected chi connectivity index (χ1v) is 9.12. The summed E-state index contributed by atoms with van der Waals surface area (Å²) < 4.78 is 34.9. The highest BCUT2D eigenvalue weighted by Gasteiger charge is 2.18. The molecular weight excluding hydrogens is 382 g/mol. The van der Waals surface area contributed by atoms with Gasteiger partial charge in [-0.3, -0.25) is 18.6 Å². The van der Waals surface area contributed by atoms with Gasteiger partial charge in [0.2, 0.25) is 0 Å². The molecule has 0 saturated carbocycles. The predicted octanol–water partition coefficient (Wildman–Crippen LogP) is 1.65. The number of amides is 1. The summed E-state index contributed by atoms with van der Waals surface area (Å²) in [7, 11) is -2.90. The average molecular weight is 396 g/mol. The van der Waals surface area contributed by atoms with Gasteiger partial charge in [-0.15, -0.1) is 0 Å². The third kappa shape index (κ3) is 3.47. The van der Waals surface area contributed by atoms with E-state index >= 15 is 0 Å². The Bertz CT molecular complexity index is 1150. The first-order chi connectivity index (χ1) is 12.2. The van der Waals surface area contributed by atoms with Gasteiger partial charge in [0.05, 0.1) is 10.7 Å². The maximum atomic E-state index is 11.6. The molecule has 3 aromatic heterocycles. The van der Waals surface area contributed by atoms with E-state index in [0.717, 1.165) is 11.5 Å². The molecule has 3 aromatic rings. The molecule has 0 aliphatic rings. The minimum absolute atomic E-state index is 0.506. The van der Waals surface area contributed by atoms with Crippen molar-refractivity contribution in [2.24, 2.45) is 7.05 Å². The number of nitrogens with one attached hydrogen (secondary N) is 1. The van der Waals surface area contributed by atoms with Crippen molar-refractivity contribution >= 4 is 44.9 Å². The third-order valence-corrected chi connectivity index (χ3v) is 4.37. The number of aromatic nitrogens is 4. The summed E-state index contributed by atoms with van der Waals surface area (Å²) in [6, 6.07) is 3.60. The highest BCUT2D eigenvalue weighted by atomic mass is 35.5. The Morgan fingerprint density at radius 3 is 2.85 bits per heavy atom.